The number of hydrogen-bond donors (Lipinski definition) is 2. The molecule has 0 atom stereocenters. The van der Waals surface area contributed by atoms with Gasteiger partial charge in [0, 0.05) is 32.3 Å². The Hall–Kier alpha value is -1.65. The standard InChI is InChI=1S/C21H32N2O2/c1-16(21(2,3)4)13-20(25)22-14-17-7-5-6-8-18(17)15-23-11-9-19(24)10-12-23/h5-8,13,19,24H,9-12,14-15H2,1-4H3,(H,22,25)/b16-13-. The Morgan fingerprint density at radius 2 is 1.84 bits per heavy atom. The number of aliphatic hydroxyl groups excluding tert-OH is 1. The van der Waals surface area contributed by atoms with Gasteiger partial charge in [0.25, 0.3) is 0 Å². The number of rotatable bonds is 5. The lowest BCUT2D eigenvalue weighted by molar-refractivity contribution is -0.116. The van der Waals surface area contributed by atoms with Crippen LogP contribution in [0.15, 0.2) is 35.9 Å². The van der Waals surface area contributed by atoms with Crippen molar-refractivity contribution >= 4 is 5.91 Å². The van der Waals surface area contributed by atoms with Gasteiger partial charge in [-0.3, -0.25) is 9.69 Å². The summed E-state index contributed by atoms with van der Waals surface area (Å²) in [6.07, 6.45) is 3.24. The second-order valence-electron chi connectivity index (χ2n) is 8.07. The summed E-state index contributed by atoms with van der Waals surface area (Å²) in [5, 5.41) is 12.7. The third-order valence-electron chi connectivity index (χ3n) is 5.05. The zero-order valence-corrected chi connectivity index (χ0v) is 16.0. The Morgan fingerprint density at radius 1 is 1.24 bits per heavy atom. The number of hydrogen-bond acceptors (Lipinski definition) is 3. The molecule has 138 valence electrons. The molecule has 1 amide bonds. The number of carbonyl (C=O) groups is 1. The van der Waals surface area contributed by atoms with Crippen LogP contribution in [0.1, 0.15) is 51.7 Å². The lowest BCUT2D eigenvalue weighted by Gasteiger charge is -2.30. The molecule has 25 heavy (non-hydrogen) atoms. The van der Waals surface area contributed by atoms with Crippen LogP contribution < -0.4 is 5.32 Å². The lowest BCUT2D eigenvalue weighted by Crippen LogP contribution is -2.35. The summed E-state index contributed by atoms with van der Waals surface area (Å²) in [6, 6.07) is 8.27. The van der Waals surface area contributed by atoms with E-state index < -0.39 is 0 Å². The van der Waals surface area contributed by atoms with Gasteiger partial charge in [0.15, 0.2) is 0 Å². The minimum absolute atomic E-state index is 0.00801. The minimum Gasteiger partial charge on any atom is -0.393 e. The normalized spacial score (nSPS) is 17.6. The van der Waals surface area contributed by atoms with Crippen LogP contribution in [0.3, 0.4) is 0 Å². The first kappa shape index (κ1) is 19.7. The molecule has 1 aromatic rings. The van der Waals surface area contributed by atoms with E-state index >= 15 is 0 Å². The third kappa shape index (κ3) is 6.29. The number of piperidine rings is 1. The summed E-state index contributed by atoms with van der Waals surface area (Å²) in [5.41, 5.74) is 3.48. The van der Waals surface area contributed by atoms with E-state index in [1.54, 1.807) is 6.08 Å². The third-order valence-corrected chi connectivity index (χ3v) is 5.05. The molecule has 1 aliphatic heterocycles. The van der Waals surface area contributed by atoms with Gasteiger partial charge in [-0.25, -0.2) is 0 Å². The number of allylic oxidation sites excluding steroid dienone is 1. The molecule has 0 spiro atoms. The van der Waals surface area contributed by atoms with Crippen LogP contribution in [0.4, 0.5) is 0 Å². The maximum atomic E-state index is 12.2. The fraction of sp³-hybridized carbons (Fsp3) is 0.571. The van der Waals surface area contributed by atoms with Crippen molar-refractivity contribution in [2.45, 2.75) is 59.7 Å². The molecule has 1 saturated heterocycles. The number of aliphatic hydroxyl groups is 1. The molecular weight excluding hydrogens is 312 g/mol. The van der Waals surface area contributed by atoms with Crippen molar-refractivity contribution in [2.75, 3.05) is 13.1 Å². The van der Waals surface area contributed by atoms with E-state index in [-0.39, 0.29) is 17.4 Å². The van der Waals surface area contributed by atoms with Gasteiger partial charge < -0.3 is 10.4 Å². The fourth-order valence-corrected chi connectivity index (χ4v) is 2.85. The lowest BCUT2D eigenvalue weighted by atomic mass is 9.87. The summed E-state index contributed by atoms with van der Waals surface area (Å²) in [5.74, 6) is -0.0386. The molecule has 0 aromatic heterocycles. The van der Waals surface area contributed by atoms with Gasteiger partial charge in [-0.1, -0.05) is 50.6 Å². The van der Waals surface area contributed by atoms with Gasteiger partial charge in [-0.2, -0.15) is 0 Å². The van der Waals surface area contributed by atoms with Gasteiger partial charge >= 0.3 is 0 Å². The molecule has 0 radical (unpaired) electrons. The Bertz CT molecular complexity index is 609. The zero-order chi connectivity index (χ0) is 18.4. The van der Waals surface area contributed by atoms with E-state index in [1.807, 2.05) is 19.1 Å². The first-order valence-corrected chi connectivity index (χ1v) is 9.19. The SMILES string of the molecule is C/C(=C/C(=O)NCc1ccccc1CN1CCC(O)CC1)C(C)(C)C. The number of amides is 1. The fourth-order valence-electron chi connectivity index (χ4n) is 2.85. The number of nitrogens with zero attached hydrogens (tertiary/aromatic N) is 1. The summed E-state index contributed by atoms with van der Waals surface area (Å²) < 4.78 is 0. The van der Waals surface area contributed by atoms with Crippen LogP contribution in [0, 0.1) is 5.41 Å². The molecule has 0 unspecified atom stereocenters. The summed E-state index contributed by atoms with van der Waals surface area (Å²) in [6.45, 7) is 11.6. The predicted molar refractivity (Wildman–Crippen MR) is 102 cm³/mol. The van der Waals surface area contributed by atoms with Gasteiger partial charge in [0.05, 0.1) is 6.10 Å². The quantitative estimate of drug-likeness (QED) is 0.806. The highest BCUT2D eigenvalue weighted by Crippen LogP contribution is 2.24. The molecule has 1 fully saturated rings. The largest absolute Gasteiger partial charge is 0.393 e. The van der Waals surface area contributed by atoms with Crippen molar-refractivity contribution in [3.63, 3.8) is 0 Å². The number of likely N-dealkylation sites (tertiary alicyclic amines) is 1. The Morgan fingerprint density at radius 3 is 2.44 bits per heavy atom. The molecule has 1 heterocycles. The number of carbonyl (C=O) groups excluding carboxylic acids is 1. The monoisotopic (exact) mass is 344 g/mol. The first-order valence-electron chi connectivity index (χ1n) is 9.19. The molecule has 1 aromatic carbocycles. The van der Waals surface area contributed by atoms with Crippen LogP contribution >= 0.6 is 0 Å². The average molecular weight is 344 g/mol. The van der Waals surface area contributed by atoms with Gasteiger partial charge in [-0.15, -0.1) is 0 Å². The van der Waals surface area contributed by atoms with E-state index in [2.05, 4.69) is 43.1 Å². The second-order valence-corrected chi connectivity index (χ2v) is 8.07. The van der Waals surface area contributed by atoms with Gasteiger partial charge in [0.1, 0.15) is 0 Å². The molecule has 2 rings (SSSR count). The second kappa shape index (κ2) is 8.63. The maximum Gasteiger partial charge on any atom is 0.244 e. The molecule has 0 bridgehead atoms. The van der Waals surface area contributed by atoms with Crippen molar-refractivity contribution in [3.8, 4) is 0 Å². The summed E-state index contributed by atoms with van der Waals surface area (Å²) in [4.78, 5) is 14.6. The molecule has 4 nitrogen and oxygen atoms in total. The predicted octanol–water partition coefficient (Wildman–Crippen LogP) is 3.25. The number of nitrogens with one attached hydrogen (secondary N) is 1. The van der Waals surface area contributed by atoms with E-state index in [9.17, 15) is 9.90 Å². The van der Waals surface area contributed by atoms with Gasteiger partial charge in [-0.05, 0) is 36.3 Å². The number of benzene rings is 1. The minimum atomic E-state index is -0.149. The summed E-state index contributed by atoms with van der Waals surface area (Å²) >= 11 is 0. The topological polar surface area (TPSA) is 52.6 Å². The van der Waals surface area contributed by atoms with Crippen molar-refractivity contribution in [2.24, 2.45) is 5.41 Å². The molecule has 0 aliphatic carbocycles. The van der Waals surface area contributed by atoms with Gasteiger partial charge in [0.2, 0.25) is 5.91 Å². The van der Waals surface area contributed by atoms with Crippen molar-refractivity contribution in [1.82, 2.24) is 10.2 Å². The van der Waals surface area contributed by atoms with Crippen LogP contribution in [0.5, 0.6) is 0 Å². The van der Waals surface area contributed by atoms with Crippen LogP contribution in [0.25, 0.3) is 0 Å². The Kier molecular flexibility index (Phi) is 6.79. The summed E-state index contributed by atoms with van der Waals surface area (Å²) in [7, 11) is 0. The Balaban J connectivity index is 1.95. The average Bonchev–Trinajstić information content (AvgIpc) is 2.55. The highest BCUT2D eigenvalue weighted by Gasteiger charge is 2.18. The van der Waals surface area contributed by atoms with Crippen LogP contribution in [-0.2, 0) is 17.9 Å². The molecule has 4 heteroatoms. The Labute approximate surface area is 151 Å². The first-order chi connectivity index (χ1) is 11.8. The smallest absolute Gasteiger partial charge is 0.244 e. The highest BCUT2D eigenvalue weighted by atomic mass is 16.3. The van der Waals surface area contributed by atoms with E-state index in [0.29, 0.717) is 6.54 Å². The van der Waals surface area contributed by atoms with E-state index in [0.717, 1.165) is 43.6 Å². The maximum absolute atomic E-state index is 12.2. The van der Waals surface area contributed by atoms with Crippen molar-refractivity contribution in [1.29, 1.82) is 0 Å². The molecule has 2 N–H and O–H groups in total. The molecular formula is C21H32N2O2. The van der Waals surface area contributed by atoms with Crippen molar-refractivity contribution < 1.29 is 9.90 Å². The van der Waals surface area contributed by atoms with Crippen molar-refractivity contribution in [3.05, 3.63) is 47.0 Å². The van der Waals surface area contributed by atoms with E-state index in [4.69, 9.17) is 0 Å². The molecule has 0 saturated carbocycles. The zero-order valence-electron chi connectivity index (χ0n) is 16.0. The van der Waals surface area contributed by atoms with Crippen LogP contribution in [0.2, 0.25) is 0 Å². The molecule has 1 aliphatic rings. The highest BCUT2D eigenvalue weighted by molar-refractivity contribution is 5.88. The van der Waals surface area contributed by atoms with Crippen LogP contribution in [-0.4, -0.2) is 35.1 Å². The van der Waals surface area contributed by atoms with E-state index in [1.165, 1.54) is 5.56 Å².